The summed E-state index contributed by atoms with van der Waals surface area (Å²) in [5.41, 5.74) is 3.03. The topological polar surface area (TPSA) is 63.4 Å². The SMILES string of the molecule is CCC(=O)N(C)c1ccc(-c2ccc(C(=O)Cc3cnoc3C)cc2)cc1F. The molecule has 5 nitrogen and oxygen atoms in total. The molecule has 0 radical (unpaired) electrons. The van der Waals surface area contributed by atoms with Crippen molar-refractivity contribution in [3.63, 3.8) is 0 Å². The Morgan fingerprint density at radius 2 is 1.79 bits per heavy atom. The van der Waals surface area contributed by atoms with E-state index in [-0.39, 0.29) is 23.8 Å². The second kappa shape index (κ2) is 8.17. The lowest BCUT2D eigenvalue weighted by Gasteiger charge is -2.17. The van der Waals surface area contributed by atoms with Gasteiger partial charge in [0.05, 0.1) is 11.9 Å². The third-order valence-electron chi connectivity index (χ3n) is 4.73. The van der Waals surface area contributed by atoms with Crippen LogP contribution < -0.4 is 4.90 Å². The molecular formula is C22H21FN2O3. The van der Waals surface area contributed by atoms with Gasteiger partial charge in [-0.1, -0.05) is 42.4 Å². The van der Waals surface area contributed by atoms with Crippen LogP contribution in [0.25, 0.3) is 11.1 Å². The zero-order valence-corrected chi connectivity index (χ0v) is 16.0. The first-order valence-corrected chi connectivity index (χ1v) is 9.00. The summed E-state index contributed by atoms with van der Waals surface area (Å²) in [6.45, 7) is 3.50. The van der Waals surface area contributed by atoms with Crippen molar-refractivity contribution in [2.75, 3.05) is 11.9 Å². The fraction of sp³-hybridized carbons (Fsp3) is 0.227. The van der Waals surface area contributed by atoms with Crippen LogP contribution in [-0.2, 0) is 11.2 Å². The van der Waals surface area contributed by atoms with Gasteiger partial charge >= 0.3 is 0 Å². The maximum absolute atomic E-state index is 14.5. The molecule has 0 atom stereocenters. The Kier molecular flexibility index (Phi) is 5.68. The Morgan fingerprint density at radius 1 is 1.11 bits per heavy atom. The first-order chi connectivity index (χ1) is 13.4. The molecule has 0 saturated carbocycles. The van der Waals surface area contributed by atoms with Gasteiger partial charge in [0.1, 0.15) is 11.6 Å². The minimum atomic E-state index is -0.468. The first-order valence-electron chi connectivity index (χ1n) is 9.00. The summed E-state index contributed by atoms with van der Waals surface area (Å²) in [6.07, 6.45) is 2.07. The van der Waals surface area contributed by atoms with Gasteiger partial charge in [0, 0.05) is 31.0 Å². The molecule has 0 spiro atoms. The highest BCUT2D eigenvalue weighted by Crippen LogP contribution is 2.27. The molecule has 0 fully saturated rings. The largest absolute Gasteiger partial charge is 0.361 e. The van der Waals surface area contributed by atoms with Gasteiger partial charge in [-0.15, -0.1) is 0 Å². The quantitative estimate of drug-likeness (QED) is 0.587. The van der Waals surface area contributed by atoms with Crippen molar-refractivity contribution in [2.45, 2.75) is 26.7 Å². The van der Waals surface area contributed by atoms with E-state index < -0.39 is 5.82 Å². The molecule has 1 heterocycles. The molecule has 2 aromatic carbocycles. The van der Waals surface area contributed by atoms with E-state index in [9.17, 15) is 14.0 Å². The Balaban J connectivity index is 1.78. The number of carbonyl (C=O) groups excluding carboxylic acids is 2. The van der Waals surface area contributed by atoms with E-state index in [1.165, 1.54) is 11.0 Å². The normalized spacial score (nSPS) is 10.7. The molecule has 144 valence electrons. The summed E-state index contributed by atoms with van der Waals surface area (Å²) < 4.78 is 19.5. The smallest absolute Gasteiger partial charge is 0.226 e. The molecular weight excluding hydrogens is 359 g/mol. The van der Waals surface area contributed by atoms with Crippen LogP contribution in [0.1, 0.15) is 35.0 Å². The third-order valence-corrected chi connectivity index (χ3v) is 4.73. The number of nitrogens with zero attached hydrogens (tertiary/aromatic N) is 2. The molecule has 0 unspecified atom stereocenters. The highest BCUT2D eigenvalue weighted by atomic mass is 19.1. The third kappa shape index (κ3) is 4.01. The van der Waals surface area contributed by atoms with Gasteiger partial charge in [-0.25, -0.2) is 4.39 Å². The number of benzene rings is 2. The van der Waals surface area contributed by atoms with Gasteiger partial charge in [-0.2, -0.15) is 0 Å². The molecule has 3 rings (SSSR count). The minimum absolute atomic E-state index is 0.0425. The van der Waals surface area contributed by atoms with Gasteiger partial charge in [-0.3, -0.25) is 9.59 Å². The average Bonchev–Trinajstić information content (AvgIpc) is 3.11. The van der Waals surface area contributed by atoms with Crippen LogP contribution in [0.2, 0.25) is 0 Å². The number of hydrogen-bond acceptors (Lipinski definition) is 4. The van der Waals surface area contributed by atoms with Crippen molar-refractivity contribution in [1.29, 1.82) is 0 Å². The molecule has 0 bridgehead atoms. The Morgan fingerprint density at radius 3 is 2.36 bits per heavy atom. The van der Waals surface area contributed by atoms with E-state index in [0.29, 0.717) is 23.3 Å². The summed E-state index contributed by atoms with van der Waals surface area (Å²) in [5.74, 6) is -0.0337. The van der Waals surface area contributed by atoms with E-state index in [1.54, 1.807) is 63.5 Å². The lowest BCUT2D eigenvalue weighted by atomic mass is 9.99. The number of amides is 1. The Bertz CT molecular complexity index is 1010. The second-order valence-corrected chi connectivity index (χ2v) is 6.56. The van der Waals surface area contributed by atoms with Crippen molar-refractivity contribution in [1.82, 2.24) is 5.16 Å². The fourth-order valence-electron chi connectivity index (χ4n) is 2.94. The first kappa shape index (κ1) is 19.5. The van der Waals surface area contributed by atoms with Gasteiger partial charge < -0.3 is 9.42 Å². The van der Waals surface area contributed by atoms with Gasteiger partial charge in [-0.05, 0) is 30.2 Å². The van der Waals surface area contributed by atoms with E-state index in [2.05, 4.69) is 5.16 Å². The standard InChI is InChI=1S/C22H21FN2O3/c1-4-22(27)25(3)20-10-9-17(11-19(20)23)15-5-7-16(8-6-15)21(26)12-18-13-24-28-14(18)2/h5-11,13H,4,12H2,1-3H3. The molecule has 1 aromatic heterocycles. The van der Waals surface area contributed by atoms with E-state index in [0.717, 1.165) is 11.1 Å². The second-order valence-electron chi connectivity index (χ2n) is 6.56. The number of anilines is 1. The van der Waals surface area contributed by atoms with Crippen LogP contribution in [0.15, 0.2) is 53.2 Å². The van der Waals surface area contributed by atoms with Crippen LogP contribution in [0.4, 0.5) is 10.1 Å². The Hall–Kier alpha value is -3.28. The number of halogens is 1. The zero-order valence-electron chi connectivity index (χ0n) is 16.0. The van der Waals surface area contributed by atoms with E-state index in [1.807, 2.05) is 0 Å². The molecule has 1 amide bonds. The molecule has 3 aromatic rings. The van der Waals surface area contributed by atoms with Crippen LogP contribution in [0, 0.1) is 12.7 Å². The van der Waals surface area contributed by atoms with Crippen molar-refractivity contribution in [2.24, 2.45) is 0 Å². The van der Waals surface area contributed by atoms with Gasteiger partial charge in [0.15, 0.2) is 5.78 Å². The molecule has 6 heteroatoms. The number of aryl methyl sites for hydroxylation is 1. The average molecular weight is 380 g/mol. The van der Waals surface area contributed by atoms with Gasteiger partial charge in [0.2, 0.25) is 5.91 Å². The Labute approximate surface area is 162 Å². The molecule has 0 saturated heterocycles. The molecule has 0 aliphatic carbocycles. The number of hydrogen-bond donors (Lipinski definition) is 0. The van der Waals surface area contributed by atoms with E-state index >= 15 is 0 Å². The van der Waals surface area contributed by atoms with Crippen LogP contribution in [0.3, 0.4) is 0 Å². The number of Topliss-reactive ketones (excluding diaryl/α,β-unsaturated/α-hetero) is 1. The maximum Gasteiger partial charge on any atom is 0.226 e. The predicted octanol–water partition coefficient (Wildman–Crippen LogP) is 4.59. The van der Waals surface area contributed by atoms with Crippen molar-refractivity contribution < 1.29 is 18.5 Å². The number of carbonyl (C=O) groups is 2. The minimum Gasteiger partial charge on any atom is -0.361 e. The molecule has 28 heavy (non-hydrogen) atoms. The van der Waals surface area contributed by atoms with Crippen molar-refractivity contribution in [3.05, 3.63) is 71.4 Å². The summed E-state index contributed by atoms with van der Waals surface area (Å²) >= 11 is 0. The number of ketones is 1. The van der Waals surface area contributed by atoms with Crippen LogP contribution in [0.5, 0.6) is 0 Å². The molecule has 0 N–H and O–H groups in total. The lowest BCUT2D eigenvalue weighted by Crippen LogP contribution is -2.25. The molecule has 0 aliphatic rings. The van der Waals surface area contributed by atoms with Gasteiger partial charge in [0.25, 0.3) is 0 Å². The predicted molar refractivity (Wildman–Crippen MR) is 105 cm³/mol. The fourth-order valence-corrected chi connectivity index (χ4v) is 2.94. The van der Waals surface area contributed by atoms with Crippen LogP contribution >= 0.6 is 0 Å². The summed E-state index contributed by atoms with van der Waals surface area (Å²) in [6, 6.07) is 11.7. The monoisotopic (exact) mass is 380 g/mol. The van der Waals surface area contributed by atoms with Crippen molar-refractivity contribution >= 4 is 17.4 Å². The lowest BCUT2D eigenvalue weighted by molar-refractivity contribution is -0.118. The summed E-state index contributed by atoms with van der Waals surface area (Å²) in [5, 5.41) is 3.68. The number of aromatic nitrogens is 1. The highest BCUT2D eigenvalue weighted by Gasteiger charge is 2.15. The van der Waals surface area contributed by atoms with E-state index in [4.69, 9.17) is 4.52 Å². The highest BCUT2D eigenvalue weighted by molar-refractivity contribution is 5.98. The zero-order chi connectivity index (χ0) is 20.3. The number of rotatable bonds is 6. The van der Waals surface area contributed by atoms with Crippen LogP contribution in [-0.4, -0.2) is 23.9 Å². The van der Waals surface area contributed by atoms with Crippen molar-refractivity contribution in [3.8, 4) is 11.1 Å². The summed E-state index contributed by atoms with van der Waals surface area (Å²) in [4.78, 5) is 25.5. The summed E-state index contributed by atoms with van der Waals surface area (Å²) in [7, 11) is 1.56. The maximum atomic E-state index is 14.5. The molecule has 0 aliphatic heterocycles.